The number of aryl methyl sites for hydroxylation is 2. The fourth-order valence-electron chi connectivity index (χ4n) is 1.12. The van der Waals surface area contributed by atoms with Gasteiger partial charge in [-0.2, -0.15) is 0 Å². The highest BCUT2D eigenvalue weighted by Crippen LogP contribution is 2.06. The molecule has 0 aliphatic carbocycles. The number of aldehydes is 1. The van der Waals surface area contributed by atoms with Crippen molar-refractivity contribution >= 4 is 6.29 Å². The maximum absolute atomic E-state index is 10.1. The minimum atomic E-state index is 0.622. The Morgan fingerprint density at radius 2 is 2.27 bits per heavy atom. The maximum Gasteiger partial charge on any atom is 0.120 e. The van der Waals surface area contributed by atoms with Gasteiger partial charge in [0.15, 0.2) is 0 Å². The largest absolute Gasteiger partial charge is 0.352 e. The first-order chi connectivity index (χ1) is 5.25. The van der Waals surface area contributed by atoms with Gasteiger partial charge in [0, 0.05) is 24.9 Å². The summed E-state index contributed by atoms with van der Waals surface area (Å²) in [5, 5.41) is 0. The Labute approximate surface area is 66.8 Å². The van der Waals surface area contributed by atoms with Gasteiger partial charge < -0.3 is 9.36 Å². The van der Waals surface area contributed by atoms with Gasteiger partial charge in [-0.3, -0.25) is 0 Å². The molecule has 0 aromatic carbocycles. The van der Waals surface area contributed by atoms with E-state index in [0.717, 1.165) is 12.7 Å². The van der Waals surface area contributed by atoms with Crippen molar-refractivity contribution in [3.8, 4) is 0 Å². The Morgan fingerprint density at radius 1 is 1.55 bits per heavy atom. The Bertz CT molecular complexity index is 250. The van der Waals surface area contributed by atoms with Gasteiger partial charge in [0.2, 0.25) is 0 Å². The molecule has 0 radical (unpaired) electrons. The fourth-order valence-corrected chi connectivity index (χ4v) is 1.12. The summed E-state index contributed by atoms with van der Waals surface area (Å²) in [6.45, 7) is 2.06. The molecule has 0 aliphatic heterocycles. The van der Waals surface area contributed by atoms with Crippen molar-refractivity contribution in [2.45, 2.75) is 19.8 Å². The van der Waals surface area contributed by atoms with Crippen molar-refractivity contribution in [1.29, 1.82) is 0 Å². The highest BCUT2D eigenvalue weighted by atomic mass is 16.1. The SMILES string of the molecule is Cc1ccc(CCC=O)n1C. The van der Waals surface area contributed by atoms with Crippen LogP contribution in [0.5, 0.6) is 0 Å². The smallest absolute Gasteiger partial charge is 0.120 e. The van der Waals surface area contributed by atoms with Crippen LogP contribution in [0.4, 0.5) is 0 Å². The molecule has 0 fully saturated rings. The lowest BCUT2D eigenvalue weighted by Gasteiger charge is -2.01. The number of carbonyl (C=O) groups excluding carboxylic acids is 1. The molecule has 1 aromatic heterocycles. The molecule has 2 nitrogen and oxygen atoms in total. The molecule has 60 valence electrons. The Hall–Kier alpha value is -1.05. The molecule has 0 unspecified atom stereocenters. The van der Waals surface area contributed by atoms with Gasteiger partial charge in [-0.1, -0.05) is 0 Å². The molecule has 0 aliphatic rings. The highest BCUT2D eigenvalue weighted by Gasteiger charge is 1.98. The summed E-state index contributed by atoms with van der Waals surface area (Å²) in [5.41, 5.74) is 2.47. The lowest BCUT2D eigenvalue weighted by atomic mass is 10.2. The van der Waals surface area contributed by atoms with Crippen molar-refractivity contribution in [2.24, 2.45) is 7.05 Å². The van der Waals surface area contributed by atoms with Crippen molar-refractivity contribution in [3.63, 3.8) is 0 Å². The van der Waals surface area contributed by atoms with Crippen LogP contribution < -0.4 is 0 Å². The standard InChI is InChI=1S/C9H13NO/c1-8-5-6-9(10(8)2)4-3-7-11/h5-7H,3-4H2,1-2H3. The van der Waals surface area contributed by atoms with Gasteiger partial charge in [-0.05, 0) is 25.5 Å². The van der Waals surface area contributed by atoms with Crippen LogP contribution >= 0.6 is 0 Å². The van der Waals surface area contributed by atoms with E-state index in [9.17, 15) is 4.79 Å². The Balaban J connectivity index is 2.70. The van der Waals surface area contributed by atoms with Crippen LogP contribution in [-0.4, -0.2) is 10.9 Å². The molecule has 0 spiro atoms. The van der Waals surface area contributed by atoms with Gasteiger partial charge in [-0.15, -0.1) is 0 Å². The van der Waals surface area contributed by atoms with E-state index in [4.69, 9.17) is 0 Å². The first kappa shape index (κ1) is 8.05. The predicted octanol–water partition coefficient (Wildman–Crippen LogP) is 1.47. The number of rotatable bonds is 3. The van der Waals surface area contributed by atoms with E-state index in [1.165, 1.54) is 11.4 Å². The van der Waals surface area contributed by atoms with Crippen LogP contribution in [0.1, 0.15) is 17.8 Å². The Kier molecular flexibility index (Phi) is 2.47. The molecule has 2 heteroatoms. The average molecular weight is 151 g/mol. The quantitative estimate of drug-likeness (QED) is 0.599. The zero-order valence-electron chi connectivity index (χ0n) is 7.00. The molecule has 1 rings (SSSR count). The van der Waals surface area contributed by atoms with E-state index in [0.29, 0.717) is 6.42 Å². The van der Waals surface area contributed by atoms with Gasteiger partial charge in [0.1, 0.15) is 6.29 Å². The van der Waals surface area contributed by atoms with Gasteiger partial charge in [0.25, 0.3) is 0 Å². The number of aromatic nitrogens is 1. The molecule has 0 atom stereocenters. The molecule has 0 saturated heterocycles. The number of carbonyl (C=O) groups is 1. The van der Waals surface area contributed by atoms with E-state index in [-0.39, 0.29) is 0 Å². The fraction of sp³-hybridized carbons (Fsp3) is 0.444. The molecule has 0 amide bonds. The molecule has 1 heterocycles. The van der Waals surface area contributed by atoms with E-state index < -0.39 is 0 Å². The molecule has 0 N–H and O–H groups in total. The Morgan fingerprint density at radius 3 is 2.73 bits per heavy atom. The van der Waals surface area contributed by atoms with E-state index >= 15 is 0 Å². The zero-order chi connectivity index (χ0) is 8.27. The topological polar surface area (TPSA) is 22.0 Å². The molecule has 11 heavy (non-hydrogen) atoms. The van der Waals surface area contributed by atoms with Crippen LogP contribution in [0, 0.1) is 6.92 Å². The second-order valence-corrected chi connectivity index (χ2v) is 2.73. The third-order valence-corrected chi connectivity index (χ3v) is 2.00. The lowest BCUT2D eigenvalue weighted by Crippen LogP contribution is -1.98. The monoisotopic (exact) mass is 151 g/mol. The first-order valence-corrected chi connectivity index (χ1v) is 3.80. The van der Waals surface area contributed by atoms with E-state index in [1.54, 1.807) is 0 Å². The second kappa shape index (κ2) is 3.37. The summed E-state index contributed by atoms with van der Waals surface area (Å²) in [6, 6.07) is 4.14. The van der Waals surface area contributed by atoms with Crippen LogP contribution in [0.3, 0.4) is 0 Å². The van der Waals surface area contributed by atoms with Crippen LogP contribution in [0.2, 0.25) is 0 Å². The maximum atomic E-state index is 10.1. The van der Waals surface area contributed by atoms with Crippen LogP contribution in [0.15, 0.2) is 12.1 Å². The first-order valence-electron chi connectivity index (χ1n) is 3.80. The molecule has 1 aromatic rings. The van der Waals surface area contributed by atoms with Crippen molar-refractivity contribution < 1.29 is 4.79 Å². The zero-order valence-corrected chi connectivity index (χ0v) is 7.00. The minimum Gasteiger partial charge on any atom is -0.352 e. The summed E-state index contributed by atoms with van der Waals surface area (Å²) in [4.78, 5) is 10.1. The lowest BCUT2D eigenvalue weighted by molar-refractivity contribution is -0.107. The van der Waals surface area contributed by atoms with E-state index in [2.05, 4.69) is 23.6 Å². The number of hydrogen-bond donors (Lipinski definition) is 0. The second-order valence-electron chi connectivity index (χ2n) is 2.73. The van der Waals surface area contributed by atoms with Gasteiger partial charge in [-0.25, -0.2) is 0 Å². The summed E-state index contributed by atoms with van der Waals surface area (Å²) in [6.07, 6.45) is 2.44. The van der Waals surface area contributed by atoms with Gasteiger partial charge in [0.05, 0.1) is 0 Å². The summed E-state index contributed by atoms with van der Waals surface area (Å²) in [5.74, 6) is 0. The van der Waals surface area contributed by atoms with Crippen LogP contribution in [-0.2, 0) is 18.3 Å². The summed E-state index contributed by atoms with van der Waals surface area (Å²) >= 11 is 0. The summed E-state index contributed by atoms with van der Waals surface area (Å²) in [7, 11) is 2.02. The number of nitrogens with zero attached hydrogens (tertiary/aromatic N) is 1. The molecule has 0 bridgehead atoms. The van der Waals surface area contributed by atoms with Crippen molar-refractivity contribution in [1.82, 2.24) is 4.57 Å². The number of hydrogen-bond acceptors (Lipinski definition) is 1. The molecule has 0 saturated carbocycles. The third kappa shape index (κ3) is 1.70. The minimum absolute atomic E-state index is 0.622. The van der Waals surface area contributed by atoms with Gasteiger partial charge >= 0.3 is 0 Å². The highest BCUT2D eigenvalue weighted by molar-refractivity contribution is 5.49. The summed E-state index contributed by atoms with van der Waals surface area (Å²) < 4.78 is 2.11. The molecular weight excluding hydrogens is 138 g/mol. The molecular formula is C9H13NO. The predicted molar refractivity (Wildman–Crippen MR) is 44.5 cm³/mol. The third-order valence-electron chi connectivity index (χ3n) is 2.00. The van der Waals surface area contributed by atoms with Crippen molar-refractivity contribution in [3.05, 3.63) is 23.5 Å². The van der Waals surface area contributed by atoms with Crippen LogP contribution in [0.25, 0.3) is 0 Å². The van der Waals surface area contributed by atoms with E-state index in [1.807, 2.05) is 7.05 Å². The normalized spacial score (nSPS) is 10.0. The van der Waals surface area contributed by atoms with Crippen molar-refractivity contribution in [2.75, 3.05) is 0 Å². The average Bonchev–Trinajstić information content (AvgIpc) is 2.31.